The second kappa shape index (κ2) is 8.90. The standard InChI is InChI=1S/C16H19ClN6O4/c17-12-14(19)22-13(18)11(21-12)15(26)23-16(27)20-6-2-1-3-8-4-5-9(24)7-10(8)25/h4-5,7,24-25H,1-3,6H2,(H4,18,19,22)(H2,20,23,26,27). The second-order valence-corrected chi connectivity index (χ2v) is 5.97. The van der Waals surface area contributed by atoms with E-state index < -0.39 is 11.9 Å². The van der Waals surface area contributed by atoms with Gasteiger partial charge in [0.15, 0.2) is 22.5 Å². The Bertz CT molecular complexity index is 861. The van der Waals surface area contributed by atoms with Gasteiger partial charge >= 0.3 is 6.03 Å². The number of nitrogens with two attached hydrogens (primary N) is 2. The molecule has 8 N–H and O–H groups in total. The van der Waals surface area contributed by atoms with Crippen LogP contribution in [0.5, 0.6) is 11.5 Å². The van der Waals surface area contributed by atoms with Gasteiger partial charge in [0, 0.05) is 12.6 Å². The first-order valence-electron chi connectivity index (χ1n) is 7.96. The molecule has 0 atom stereocenters. The van der Waals surface area contributed by atoms with Crippen molar-refractivity contribution in [2.75, 3.05) is 18.0 Å². The first-order valence-corrected chi connectivity index (χ1v) is 8.34. The largest absolute Gasteiger partial charge is 0.508 e. The molecule has 0 fully saturated rings. The number of benzene rings is 1. The van der Waals surface area contributed by atoms with E-state index in [1.807, 2.05) is 0 Å². The van der Waals surface area contributed by atoms with Gasteiger partial charge in [-0.25, -0.2) is 14.8 Å². The Morgan fingerprint density at radius 3 is 2.56 bits per heavy atom. The second-order valence-electron chi connectivity index (χ2n) is 5.61. The average molecular weight is 395 g/mol. The number of nitrogens with one attached hydrogen (secondary N) is 2. The minimum Gasteiger partial charge on any atom is -0.508 e. The Kier molecular flexibility index (Phi) is 6.61. The Labute approximate surface area is 159 Å². The number of aromatic nitrogens is 2. The van der Waals surface area contributed by atoms with E-state index in [2.05, 4.69) is 20.6 Å². The Balaban J connectivity index is 1.74. The number of aryl methyl sites for hydroxylation is 1. The highest BCUT2D eigenvalue weighted by Gasteiger charge is 2.18. The number of urea groups is 1. The molecule has 1 heterocycles. The van der Waals surface area contributed by atoms with Crippen LogP contribution in [0.1, 0.15) is 28.9 Å². The molecule has 10 nitrogen and oxygen atoms in total. The topological polar surface area (TPSA) is 176 Å². The van der Waals surface area contributed by atoms with E-state index in [4.69, 9.17) is 23.1 Å². The number of amides is 3. The van der Waals surface area contributed by atoms with Crippen molar-refractivity contribution in [1.29, 1.82) is 0 Å². The summed E-state index contributed by atoms with van der Waals surface area (Å²) in [6.45, 7) is 0.307. The van der Waals surface area contributed by atoms with Gasteiger partial charge in [0.25, 0.3) is 5.91 Å². The summed E-state index contributed by atoms with van der Waals surface area (Å²) in [5.41, 5.74) is 11.4. The van der Waals surface area contributed by atoms with Crippen molar-refractivity contribution in [1.82, 2.24) is 20.6 Å². The van der Waals surface area contributed by atoms with Gasteiger partial charge < -0.3 is 27.0 Å². The van der Waals surface area contributed by atoms with Crippen molar-refractivity contribution in [2.45, 2.75) is 19.3 Å². The summed E-state index contributed by atoms with van der Waals surface area (Å²) in [7, 11) is 0. The molecule has 0 aliphatic heterocycles. The number of rotatable bonds is 6. The minimum atomic E-state index is -0.853. The molecule has 2 rings (SSSR count). The van der Waals surface area contributed by atoms with E-state index in [0.717, 1.165) is 0 Å². The number of unbranched alkanes of at least 4 members (excludes halogenated alkanes) is 1. The van der Waals surface area contributed by atoms with Crippen LogP contribution in [0.3, 0.4) is 0 Å². The lowest BCUT2D eigenvalue weighted by Gasteiger charge is -2.09. The van der Waals surface area contributed by atoms with Crippen LogP contribution in [0.2, 0.25) is 5.15 Å². The number of anilines is 2. The molecule has 0 spiro atoms. The molecule has 0 aliphatic carbocycles. The van der Waals surface area contributed by atoms with Crippen LogP contribution in [0.15, 0.2) is 18.2 Å². The molecule has 0 unspecified atom stereocenters. The number of hydrogen-bond acceptors (Lipinski definition) is 8. The molecular weight excluding hydrogens is 376 g/mol. The number of nitrogens with zero attached hydrogens (tertiary/aromatic N) is 2. The zero-order valence-electron chi connectivity index (χ0n) is 14.2. The maximum atomic E-state index is 12.0. The first kappa shape index (κ1) is 20.0. The predicted molar refractivity (Wildman–Crippen MR) is 99.4 cm³/mol. The number of hydrogen-bond donors (Lipinski definition) is 6. The third-order valence-electron chi connectivity index (χ3n) is 3.57. The van der Waals surface area contributed by atoms with Crippen LogP contribution in [0, 0.1) is 0 Å². The van der Waals surface area contributed by atoms with Crippen LogP contribution in [-0.2, 0) is 6.42 Å². The summed E-state index contributed by atoms with van der Waals surface area (Å²) in [5.74, 6) is -1.20. The van der Waals surface area contributed by atoms with Gasteiger partial charge in [-0.3, -0.25) is 10.1 Å². The Hall–Kier alpha value is -3.27. The van der Waals surface area contributed by atoms with E-state index >= 15 is 0 Å². The summed E-state index contributed by atoms with van der Waals surface area (Å²) in [6, 6.07) is 3.67. The molecular formula is C16H19ClN6O4. The number of carbonyl (C=O) groups is 2. The van der Waals surface area contributed by atoms with Crippen molar-refractivity contribution in [3.8, 4) is 11.5 Å². The van der Waals surface area contributed by atoms with Gasteiger partial charge in [-0.1, -0.05) is 17.7 Å². The van der Waals surface area contributed by atoms with E-state index in [0.29, 0.717) is 31.4 Å². The van der Waals surface area contributed by atoms with E-state index in [-0.39, 0.29) is 34.0 Å². The number of phenols is 2. The van der Waals surface area contributed by atoms with Crippen LogP contribution in [-0.4, -0.2) is 38.7 Å². The van der Waals surface area contributed by atoms with Gasteiger partial charge in [0.05, 0.1) is 0 Å². The molecule has 3 amide bonds. The lowest BCUT2D eigenvalue weighted by Crippen LogP contribution is -2.40. The highest BCUT2D eigenvalue weighted by Crippen LogP contribution is 2.23. The smallest absolute Gasteiger partial charge is 0.321 e. The summed E-state index contributed by atoms with van der Waals surface area (Å²) in [6.07, 6.45) is 1.86. The van der Waals surface area contributed by atoms with Crippen molar-refractivity contribution in [3.05, 3.63) is 34.6 Å². The molecule has 2 aromatic rings. The van der Waals surface area contributed by atoms with Gasteiger partial charge in [-0.2, -0.15) is 0 Å². The van der Waals surface area contributed by atoms with Crippen molar-refractivity contribution in [2.24, 2.45) is 0 Å². The monoisotopic (exact) mass is 394 g/mol. The summed E-state index contributed by atoms with van der Waals surface area (Å²) in [5, 5.41) is 23.3. The predicted octanol–water partition coefficient (Wildman–Crippen LogP) is 1.17. The number of nitrogen functional groups attached to an aromatic ring is 2. The SMILES string of the molecule is Nc1nc(N)c(C(=O)NC(=O)NCCCCc2ccc(O)cc2O)nc1Cl. The van der Waals surface area contributed by atoms with Crippen LogP contribution in [0.4, 0.5) is 16.4 Å². The van der Waals surface area contributed by atoms with Crippen molar-refractivity contribution >= 4 is 35.2 Å². The summed E-state index contributed by atoms with van der Waals surface area (Å²) in [4.78, 5) is 31.1. The van der Waals surface area contributed by atoms with E-state index in [1.54, 1.807) is 6.07 Å². The number of carbonyl (C=O) groups excluding carboxylic acids is 2. The Morgan fingerprint density at radius 1 is 1.11 bits per heavy atom. The molecule has 1 aromatic carbocycles. The van der Waals surface area contributed by atoms with E-state index in [9.17, 15) is 19.8 Å². The molecule has 0 aliphatic rings. The zero-order chi connectivity index (χ0) is 20.0. The Morgan fingerprint density at radius 2 is 1.85 bits per heavy atom. The van der Waals surface area contributed by atoms with Crippen LogP contribution >= 0.6 is 11.6 Å². The highest BCUT2D eigenvalue weighted by atomic mass is 35.5. The molecule has 144 valence electrons. The molecule has 0 radical (unpaired) electrons. The van der Waals surface area contributed by atoms with Gasteiger partial charge in [-0.05, 0) is 30.9 Å². The lowest BCUT2D eigenvalue weighted by molar-refractivity contribution is 0.0960. The molecule has 27 heavy (non-hydrogen) atoms. The fraction of sp³-hybridized carbons (Fsp3) is 0.250. The molecule has 0 bridgehead atoms. The third kappa shape index (κ3) is 5.61. The van der Waals surface area contributed by atoms with Crippen LogP contribution in [0.25, 0.3) is 0 Å². The number of aromatic hydroxyl groups is 2. The van der Waals surface area contributed by atoms with Crippen molar-refractivity contribution < 1.29 is 19.8 Å². The normalized spacial score (nSPS) is 10.4. The fourth-order valence-electron chi connectivity index (χ4n) is 2.22. The quantitative estimate of drug-likeness (QED) is 0.395. The molecule has 0 saturated carbocycles. The van der Waals surface area contributed by atoms with Gasteiger partial charge in [0.2, 0.25) is 0 Å². The fourth-order valence-corrected chi connectivity index (χ4v) is 2.35. The molecule has 0 saturated heterocycles. The maximum absolute atomic E-state index is 12.0. The maximum Gasteiger partial charge on any atom is 0.321 e. The number of imide groups is 1. The number of halogens is 1. The van der Waals surface area contributed by atoms with Crippen molar-refractivity contribution in [3.63, 3.8) is 0 Å². The van der Waals surface area contributed by atoms with Crippen LogP contribution < -0.4 is 22.1 Å². The average Bonchev–Trinajstić information content (AvgIpc) is 2.59. The summed E-state index contributed by atoms with van der Waals surface area (Å²) >= 11 is 5.69. The number of phenolic OH excluding ortho intramolecular Hbond substituents is 2. The molecule has 1 aromatic heterocycles. The van der Waals surface area contributed by atoms with E-state index in [1.165, 1.54) is 12.1 Å². The lowest BCUT2D eigenvalue weighted by atomic mass is 10.1. The first-order chi connectivity index (χ1) is 12.8. The highest BCUT2D eigenvalue weighted by molar-refractivity contribution is 6.31. The zero-order valence-corrected chi connectivity index (χ0v) is 15.0. The van der Waals surface area contributed by atoms with Gasteiger partial charge in [-0.15, -0.1) is 0 Å². The third-order valence-corrected chi connectivity index (χ3v) is 3.85. The minimum absolute atomic E-state index is 0.00743. The molecule has 11 heteroatoms. The summed E-state index contributed by atoms with van der Waals surface area (Å²) < 4.78 is 0. The van der Waals surface area contributed by atoms with Gasteiger partial charge in [0.1, 0.15) is 11.5 Å².